The number of carbonyl (C=O) groups excluding carboxylic acids is 2. The number of aliphatic hydroxyl groups is 5. The summed E-state index contributed by atoms with van der Waals surface area (Å²) in [6.07, 6.45) is 0.509. The fourth-order valence-electron chi connectivity index (χ4n) is 5.27. The number of aliphatic hydroxyl groups excluding tert-OH is 5. The van der Waals surface area contributed by atoms with Crippen molar-refractivity contribution >= 4 is 18.0 Å². The van der Waals surface area contributed by atoms with Gasteiger partial charge < -0.3 is 46.0 Å². The summed E-state index contributed by atoms with van der Waals surface area (Å²) in [5.41, 5.74) is 5.25. The van der Waals surface area contributed by atoms with Crippen molar-refractivity contribution in [1.29, 1.82) is 0 Å². The van der Waals surface area contributed by atoms with Gasteiger partial charge in [0.25, 0.3) is 0 Å². The second-order valence-electron chi connectivity index (χ2n) is 12.3. The predicted molar refractivity (Wildman–Crippen MR) is 167 cm³/mol. The zero-order valence-electron chi connectivity index (χ0n) is 27.4. The molecule has 0 aliphatic carbocycles. The molecule has 13 atom stereocenters. The van der Waals surface area contributed by atoms with Crippen molar-refractivity contribution in [3.63, 3.8) is 0 Å². The van der Waals surface area contributed by atoms with Crippen molar-refractivity contribution in [3.05, 3.63) is 37.0 Å². The lowest BCUT2D eigenvalue weighted by Gasteiger charge is -2.35. The van der Waals surface area contributed by atoms with Crippen LogP contribution in [0.4, 0.5) is 4.79 Å². The number of rotatable bonds is 20. The van der Waals surface area contributed by atoms with Gasteiger partial charge in [-0.3, -0.25) is 9.59 Å². The number of ether oxygens (including phenoxy) is 1. The van der Waals surface area contributed by atoms with Gasteiger partial charge in [-0.1, -0.05) is 78.5 Å². The Bertz CT molecular complexity index is 973. The fraction of sp³-hybridized carbons (Fsp3) is 0.719. The van der Waals surface area contributed by atoms with Crippen LogP contribution in [-0.2, 0) is 14.3 Å². The highest BCUT2D eigenvalue weighted by Crippen LogP contribution is 2.27. The van der Waals surface area contributed by atoms with Crippen LogP contribution in [0.1, 0.15) is 54.9 Å². The SMILES string of the molecule is C=CC=CC(C)C(OC(N)=O)C(C)C(O)C(C)C(=O)N(C)CC(C)C(O)C(C)C=CC(O)CC(O)C(C)C(O)C(C)C(=O)O. The number of amides is 2. The summed E-state index contributed by atoms with van der Waals surface area (Å²) in [5.74, 6) is -6.05. The second-order valence-corrected chi connectivity index (χ2v) is 12.3. The topological polar surface area (TPSA) is 211 Å². The zero-order valence-corrected chi connectivity index (χ0v) is 27.4. The Labute approximate surface area is 261 Å². The standard InChI is InChI=1S/C32H56N2O10/c1-10-11-12-18(3)29(44-32(33)43)21(6)28(39)22(7)30(40)34(9)16-19(4)26(37)17(2)13-14-24(35)15-25(36)20(5)27(38)23(8)31(41)42/h10-14,17-29,35-39H,1,15-16H2,2-9H3,(H2,33,43)(H,41,42). The van der Waals surface area contributed by atoms with Crippen LogP contribution in [0.15, 0.2) is 37.0 Å². The molecule has 0 radical (unpaired) electrons. The molecule has 13 unspecified atom stereocenters. The summed E-state index contributed by atoms with van der Waals surface area (Å²) in [6.45, 7) is 15.2. The molecule has 0 bridgehead atoms. The normalized spacial score (nSPS) is 21.1. The number of aliphatic carboxylic acids is 1. The zero-order chi connectivity index (χ0) is 34.5. The van der Waals surface area contributed by atoms with Crippen LogP contribution in [0.3, 0.4) is 0 Å². The molecule has 0 aromatic carbocycles. The van der Waals surface area contributed by atoms with E-state index in [1.54, 1.807) is 66.0 Å². The van der Waals surface area contributed by atoms with Crippen molar-refractivity contribution < 1.29 is 49.8 Å². The van der Waals surface area contributed by atoms with Crippen LogP contribution >= 0.6 is 0 Å². The van der Waals surface area contributed by atoms with E-state index >= 15 is 0 Å². The lowest BCUT2D eigenvalue weighted by molar-refractivity contribution is -0.147. The van der Waals surface area contributed by atoms with Gasteiger partial charge >= 0.3 is 12.1 Å². The van der Waals surface area contributed by atoms with E-state index in [4.69, 9.17) is 15.6 Å². The molecule has 12 heteroatoms. The average molecular weight is 629 g/mol. The highest BCUT2D eigenvalue weighted by Gasteiger charge is 2.37. The van der Waals surface area contributed by atoms with E-state index in [2.05, 4.69) is 6.58 Å². The molecule has 0 spiro atoms. The molecule has 2 amide bonds. The number of nitrogens with two attached hydrogens (primary N) is 1. The highest BCUT2D eigenvalue weighted by molar-refractivity contribution is 5.78. The highest BCUT2D eigenvalue weighted by atomic mass is 16.6. The molecule has 8 N–H and O–H groups in total. The van der Waals surface area contributed by atoms with Gasteiger partial charge in [0, 0.05) is 49.6 Å². The van der Waals surface area contributed by atoms with Crippen LogP contribution in [0.2, 0.25) is 0 Å². The molecule has 12 nitrogen and oxygen atoms in total. The predicted octanol–water partition coefficient (Wildman–Crippen LogP) is 1.94. The molecule has 0 aromatic rings. The second kappa shape index (κ2) is 19.6. The molecule has 254 valence electrons. The summed E-state index contributed by atoms with van der Waals surface area (Å²) >= 11 is 0. The number of carboxylic acid groups (broad SMARTS) is 1. The van der Waals surface area contributed by atoms with E-state index in [0.717, 1.165) is 0 Å². The summed E-state index contributed by atoms with van der Waals surface area (Å²) in [7, 11) is 1.57. The Hall–Kier alpha value is -2.77. The van der Waals surface area contributed by atoms with E-state index in [1.807, 2.05) is 0 Å². The molecule has 0 heterocycles. The molecular weight excluding hydrogens is 572 g/mol. The first-order valence-corrected chi connectivity index (χ1v) is 15.1. The minimum absolute atomic E-state index is 0.135. The van der Waals surface area contributed by atoms with E-state index < -0.39 is 84.2 Å². The Morgan fingerprint density at radius 3 is 1.86 bits per heavy atom. The van der Waals surface area contributed by atoms with Gasteiger partial charge in [-0.25, -0.2) is 4.79 Å². The third-order valence-corrected chi connectivity index (χ3v) is 8.51. The third-order valence-electron chi connectivity index (χ3n) is 8.51. The largest absolute Gasteiger partial charge is 0.481 e. The maximum Gasteiger partial charge on any atom is 0.404 e. The number of primary amides is 1. The Kier molecular flexibility index (Phi) is 18.3. The van der Waals surface area contributed by atoms with Crippen LogP contribution < -0.4 is 5.73 Å². The molecule has 0 aliphatic heterocycles. The first kappa shape index (κ1) is 41.2. The van der Waals surface area contributed by atoms with Crippen LogP contribution in [0.5, 0.6) is 0 Å². The number of hydrogen-bond acceptors (Lipinski definition) is 9. The first-order valence-electron chi connectivity index (χ1n) is 15.1. The van der Waals surface area contributed by atoms with E-state index in [-0.39, 0.29) is 24.8 Å². The Morgan fingerprint density at radius 1 is 0.818 bits per heavy atom. The smallest absolute Gasteiger partial charge is 0.404 e. The number of carboxylic acids is 1. The minimum atomic E-state index is -1.29. The molecule has 0 fully saturated rings. The third kappa shape index (κ3) is 13.1. The Balaban J connectivity index is 5.23. The van der Waals surface area contributed by atoms with Crippen molar-refractivity contribution in [2.24, 2.45) is 47.2 Å². The van der Waals surface area contributed by atoms with Crippen molar-refractivity contribution in [1.82, 2.24) is 4.90 Å². The van der Waals surface area contributed by atoms with Gasteiger partial charge in [0.15, 0.2) is 0 Å². The molecule has 0 saturated heterocycles. The van der Waals surface area contributed by atoms with Gasteiger partial charge in [-0.2, -0.15) is 0 Å². The quantitative estimate of drug-likeness (QED) is 0.0769. The van der Waals surface area contributed by atoms with Crippen molar-refractivity contribution in [2.75, 3.05) is 13.6 Å². The van der Waals surface area contributed by atoms with Crippen molar-refractivity contribution in [3.8, 4) is 0 Å². The Morgan fingerprint density at radius 2 is 1.36 bits per heavy atom. The summed E-state index contributed by atoms with van der Waals surface area (Å²) in [6, 6.07) is 0. The maximum atomic E-state index is 13.2. The average Bonchev–Trinajstić information content (AvgIpc) is 2.97. The lowest BCUT2D eigenvalue weighted by atomic mass is 9.83. The van der Waals surface area contributed by atoms with Gasteiger partial charge in [0.05, 0.1) is 42.4 Å². The molecule has 0 aliphatic rings. The van der Waals surface area contributed by atoms with E-state index in [0.29, 0.717) is 0 Å². The maximum absolute atomic E-state index is 13.2. The van der Waals surface area contributed by atoms with E-state index in [1.165, 1.54) is 24.8 Å². The summed E-state index contributed by atoms with van der Waals surface area (Å²) < 4.78 is 5.27. The molecule has 0 saturated carbocycles. The first-order chi connectivity index (χ1) is 20.3. The lowest BCUT2D eigenvalue weighted by Crippen LogP contribution is -2.47. The number of carbonyl (C=O) groups is 3. The molecule has 0 aromatic heterocycles. The van der Waals surface area contributed by atoms with Gasteiger partial charge in [0.2, 0.25) is 5.91 Å². The van der Waals surface area contributed by atoms with E-state index in [9.17, 15) is 39.9 Å². The summed E-state index contributed by atoms with van der Waals surface area (Å²) in [5, 5.41) is 61.9. The fourth-order valence-corrected chi connectivity index (χ4v) is 5.27. The van der Waals surface area contributed by atoms with Crippen LogP contribution in [0, 0.1) is 41.4 Å². The van der Waals surface area contributed by atoms with Gasteiger partial charge in [0.1, 0.15) is 6.10 Å². The van der Waals surface area contributed by atoms with Crippen LogP contribution in [-0.4, -0.2) is 104 Å². The summed E-state index contributed by atoms with van der Waals surface area (Å²) in [4.78, 5) is 37.2. The van der Waals surface area contributed by atoms with Gasteiger partial charge in [-0.05, 0) is 6.92 Å². The molecule has 0 rings (SSSR count). The molecular formula is C32H56N2O10. The molecule has 44 heavy (non-hydrogen) atoms. The number of allylic oxidation sites excluding steroid dienone is 2. The van der Waals surface area contributed by atoms with Crippen molar-refractivity contribution in [2.45, 2.75) is 91.5 Å². The van der Waals surface area contributed by atoms with Gasteiger partial charge in [-0.15, -0.1) is 0 Å². The number of hydrogen-bond donors (Lipinski definition) is 7. The van der Waals surface area contributed by atoms with Crippen LogP contribution in [0.25, 0.3) is 0 Å². The minimum Gasteiger partial charge on any atom is -0.481 e. The monoisotopic (exact) mass is 628 g/mol. The number of nitrogens with zero attached hydrogens (tertiary/aromatic N) is 1.